The number of benzene rings is 2. The highest BCUT2D eigenvalue weighted by Crippen LogP contribution is 2.25. The summed E-state index contributed by atoms with van der Waals surface area (Å²) in [5.74, 6) is -0.252. The molecule has 5 aromatic rings. The number of nitrogens with zero attached hydrogens (tertiary/aromatic N) is 3. The highest BCUT2D eigenvalue weighted by Gasteiger charge is 2.11. The Balaban J connectivity index is 1.33. The van der Waals surface area contributed by atoms with E-state index in [2.05, 4.69) is 30.9 Å². The number of carbonyl (C=O) groups excluding carboxylic acids is 1. The first-order valence-electron chi connectivity index (χ1n) is 10.5. The molecule has 166 valence electrons. The zero-order chi connectivity index (χ0) is 23.3. The SMILES string of the molecule is O=C(Nc1cccc(Nc2ccncc2)c1)c1cccc(Nc2ccnc3ccc(F)cc23)n1. The highest BCUT2D eigenvalue weighted by molar-refractivity contribution is 6.03. The van der Waals surface area contributed by atoms with E-state index in [-0.39, 0.29) is 17.4 Å². The quantitative estimate of drug-likeness (QED) is 0.298. The number of aromatic nitrogens is 3. The molecule has 0 aliphatic carbocycles. The van der Waals surface area contributed by atoms with Crippen LogP contribution >= 0.6 is 0 Å². The molecule has 1 amide bonds. The molecule has 0 aliphatic rings. The lowest BCUT2D eigenvalue weighted by molar-refractivity contribution is 0.102. The Labute approximate surface area is 194 Å². The summed E-state index contributed by atoms with van der Waals surface area (Å²) in [6, 6.07) is 22.3. The molecule has 3 N–H and O–H groups in total. The lowest BCUT2D eigenvalue weighted by Gasteiger charge is -2.11. The summed E-state index contributed by atoms with van der Waals surface area (Å²) >= 11 is 0. The molecule has 5 rings (SSSR count). The van der Waals surface area contributed by atoms with Crippen LogP contribution in [0.15, 0.2) is 97.5 Å². The van der Waals surface area contributed by atoms with Gasteiger partial charge < -0.3 is 16.0 Å². The zero-order valence-corrected chi connectivity index (χ0v) is 17.9. The second-order valence-electron chi connectivity index (χ2n) is 7.45. The van der Waals surface area contributed by atoms with Crippen LogP contribution in [0.25, 0.3) is 10.9 Å². The number of fused-ring (bicyclic) bond motifs is 1. The second-order valence-corrected chi connectivity index (χ2v) is 7.45. The van der Waals surface area contributed by atoms with E-state index in [1.165, 1.54) is 12.1 Å². The van der Waals surface area contributed by atoms with Gasteiger partial charge in [0, 0.05) is 41.0 Å². The zero-order valence-electron chi connectivity index (χ0n) is 17.9. The van der Waals surface area contributed by atoms with Gasteiger partial charge in [0.1, 0.15) is 17.3 Å². The summed E-state index contributed by atoms with van der Waals surface area (Å²) in [7, 11) is 0. The fourth-order valence-electron chi connectivity index (χ4n) is 3.47. The van der Waals surface area contributed by atoms with E-state index >= 15 is 0 Å². The predicted octanol–water partition coefficient (Wildman–Crippen LogP) is 5.90. The minimum atomic E-state index is -0.356. The minimum Gasteiger partial charge on any atom is -0.355 e. The van der Waals surface area contributed by atoms with Crippen LogP contribution in [0.5, 0.6) is 0 Å². The van der Waals surface area contributed by atoms with Gasteiger partial charge in [-0.05, 0) is 66.7 Å². The third kappa shape index (κ3) is 4.81. The van der Waals surface area contributed by atoms with Crippen molar-refractivity contribution >= 4 is 45.4 Å². The van der Waals surface area contributed by atoms with Crippen LogP contribution in [-0.4, -0.2) is 20.9 Å². The smallest absolute Gasteiger partial charge is 0.274 e. The molecular formula is C26H19FN6O. The number of pyridine rings is 3. The molecular weight excluding hydrogens is 431 g/mol. The molecule has 0 saturated carbocycles. The summed E-state index contributed by atoms with van der Waals surface area (Å²) in [5, 5.41) is 9.91. The molecule has 2 aromatic carbocycles. The highest BCUT2D eigenvalue weighted by atomic mass is 19.1. The van der Waals surface area contributed by atoms with Gasteiger partial charge in [0.05, 0.1) is 11.2 Å². The van der Waals surface area contributed by atoms with Gasteiger partial charge in [-0.2, -0.15) is 0 Å². The summed E-state index contributed by atoms with van der Waals surface area (Å²) in [5.41, 5.74) is 3.87. The summed E-state index contributed by atoms with van der Waals surface area (Å²) in [4.78, 5) is 25.5. The van der Waals surface area contributed by atoms with Gasteiger partial charge in [0.15, 0.2) is 0 Å². The van der Waals surface area contributed by atoms with Crippen molar-refractivity contribution in [2.75, 3.05) is 16.0 Å². The Morgan fingerprint density at radius 2 is 1.59 bits per heavy atom. The Kier molecular flexibility index (Phi) is 5.77. The number of halogens is 1. The number of hydrogen-bond donors (Lipinski definition) is 3. The molecule has 0 unspecified atom stereocenters. The van der Waals surface area contributed by atoms with Gasteiger partial charge >= 0.3 is 0 Å². The van der Waals surface area contributed by atoms with Gasteiger partial charge in [0.2, 0.25) is 0 Å². The van der Waals surface area contributed by atoms with Crippen molar-refractivity contribution < 1.29 is 9.18 Å². The molecule has 34 heavy (non-hydrogen) atoms. The van der Waals surface area contributed by atoms with Crippen LogP contribution in [0.3, 0.4) is 0 Å². The normalized spacial score (nSPS) is 10.6. The van der Waals surface area contributed by atoms with Crippen LogP contribution < -0.4 is 16.0 Å². The standard InChI is InChI=1S/C26H19FN6O/c27-17-7-8-22-21(15-17)23(11-14-29-22)32-25-6-2-5-24(33-25)26(34)31-20-4-1-3-19(16-20)30-18-9-12-28-13-10-18/h1-16H,(H,28,30)(H,31,34)(H,29,32,33). The van der Waals surface area contributed by atoms with Gasteiger partial charge in [-0.25, -0.2) is 9.37 Å². The monoisotopic (exact) mass is 450 g/mol. The van der Waals surface area contributed by atoms with Gasteiger partial charge in [0.25, 0.3) is 5.91 Å². The molecule has 7 nitrogen and oxygen atoms in total. The Morgan fingerprint density at radius 1 is 0.765 bits per heavy atom. The fraction of sp³-hybridized carbons (Fsp3) is 0. The second kappa shape index (κ2) is 9.33. The number of carbonyl (C=O) groups is 1. The number of amides is 1. The number of nitrogens with one attached hydrogen (secondary N) is 3. The molecule has 0 saturated heterocycles. The maximum Gasteiger partial charge on any atom is 0.274 e. The van der Waals surface area contributed by atoms with Crippen molar-refractivity contribution in [3.63, 3.8) is 0 Å². The van der Waals surface area contributed by atoms with Crippen LogP contribution in [-0.2, 0) is 0 Å². The van der Waals surface area contributed by atoms with Crippen molar-refractivity contribution in [3.8, 4) is 0 Å². The van der Waals surface area contributed by atoms with E-state index < -0.39 is 0 Å². The average Bonchev–Trinajstić information content (AvgIpc) is 2.85. The summed E-state index contributed by atoms with van der Waals surface area (Å²) in [6.07, 6.45) is 5.03. The van der Waals surface area contributed by atoms with Crippen molar-refractivity contribution in [2.45, 2.75) is 0 Å². The first-order valence-corrected chi connectivity index (χ1v) is 10.5. The Bertz CT molecular complexity index is 1480. The molecule has 0 aliphatic heterocycles. The van der Waals surface area contributed by atoms with E-state index in [4.69, 9.17) is 0 Å². The first kappa shape index (κ1) is 21.0. The number of rotatable bonds is 6. The maximum atomic E-state index is 13.8. The van der Waals surface area contributed by atoms with E-state index in [0.29, 0.717) is 28.1 Å². The van der Waals surface area contributed by atoms with Crippen molar-refractivity contribution in [3.05, 3.63) is 109 Å². The van der Waals surface area contributed by atoms with E-state index in [9.17, 15) is 9.18 Å². The predicted molar refractivity (Wildman–Crippen MR) is 131 cm³/mol. The molecule has 3 heterocycles. The Morgan fingerprint density at radius 3 is 2.47 bits per heavy atom. The molecule has 0 spiro atoms. The number of hydrogen-bond acceptors (Lipinski definition) is 6. The fourth-order valence-corrected chi connectivity index (χ4v) is 3.47. The molecule has 0 atom stereocenters. The van der Waals surface area contributed by atoms with E-state index in [0.717, 1.165) is 11.4 Å². The summed E-state index contributed by atoms with van der Waals surface area (Å²) in [6.45, 7) is 0. The average molecular weight is 450 g/mol. The van der Waals surface area contributed by atoms with Crippen LogP contribution in [0.2, 0.25) is 0 Å². The number of anilines is 5. The lowest BCUT2D eigenvalue weighted by atomic mass is 10.2. The van der Waals surface area contributed by atoms with Crippen LogP contribution in [0.1, 0.15) is 10.5 Å². The van der Waals surface area contributed by atoms with E-state index in [1.807, 2.05) is 30.3 Å². The van der Waals surface area contributed by atoms with Crippen LogP contribution in [0.4, 0.5) is 33.0 Å². The third-order valence-electron chi connectivity index (χ3n) is 5.04. The lowest BCUT2D eigenvalue weighted by Crippen LogP contribution is -2.14. The molecule has 8 heteroatoms. The summed E-state index contributed by atoms with van der Waals surface area (Å²) < 4.78 is 13.8. The Hall–Kier alpha value is -4.85. The van der Waals surface area contributed by atoms with Crippen molar-refractivity contribution in [1.82, 2.24) is 15.0 Å². The van der Waals surface area contributed by atoms with Crippen molar-refractivity contribution in [2.24, 2.45) is 0 Å². The van der Waals surface area contributed by atoms with Crippen LogP contribution in [0, 0.1) is 5.82 Å². The maximum absolute atomic E-state index is 13.8. The first-order chi connectivity index (χ1) is 16.6. The largest absolute Gasteiger partial charge is 0.355 e. The minimum absolute atomic E-state index is 0.238. The topological polar surface area (TPSA) is 91.8 Å². The van der Waals surface area contributed by atoms with Gasteiger partial charge in [-0.1, -0.05) is 12.1 Å². The molecule has 0 radical (unpaired) electrons. The van der Waals surface area contributed by atoms with Crippen molar-refractivity contribution in [1.29, 1.82) is 0 Å². The molecule has 3 aromatic heterocycles. The van der Waals surface area contributed by atoms with Gasteiger partial charge in [-0.3, -0.25) is 14.8 Å². The molecule has 0 fully saturated rings. The van der Waals surface area contributed by atoms with E-state index in [1.54, 1.807) is 55.0 Å². The van der Waals surface area contributed by atoms with Gasteiger partial charge in [-0.15, -0.1) is 0 Å². The third-order valence-corrected chi connectivity index (χ3v) is 5.04. The molecule has 0 bridgehead atoms.